The van der Waals surface area contributed by atoms with Crippen LogP contribution in [-0.2, 0) is 0 Å². The van der Waals surface area contributed by atoms with E-state index in [0.717, 1.165) is 15.6 Å². The highest BCUT2D eigenvalue weighted by atomic mass is 79.9. The first-order chi connectivity index (χ1) is 6.73. The van der Waals surface area contributed by atoms with E-state index < -0.39 is 0 Å². The molecule has 0 aliphatic rings. The zero-order valence-electron chi connectivity index (χ0n) is 10.4. The SMILES string of the molecule is C=C(C)/C(=C\C(Br)=C/C)C(C)(C)C(=C)C. The van der Waals surface area contributed by atoms with Gasteiger partial charge in [0.1, 0.15) is 0 Å². The van der Waals surface area contributed by atoms with Crippen LogP contribution in [0.1, 0.15) is 34.6 Å². The summed E-state index contributed by atoms with van der Waals surface area (Å²) in [4.78, 5) is 0. The molecule has 0 spiro atoms. The fraction of sp³-hybridized carbons (Fsp3) is 0.429. The highest BCUT2D eigenvalue weighted by Gasteiger charge is 2.24. The van der Waals surface area contributed by atoms with E-state index in [0.29, 0.717) is 0 Å². The lowest BCUT2D eigenvalue weighted by Gasteiger charge is -2.29. The fourth-order valence-corrected chi connectivity index (χ4v) is 1.52. The summed E-state index contributed by atoms with van der Waals surface area (Å²) in [7, 11) is 0. The molecule has 0 saturated carbocycles. The summed E-state index contributed by atoms with van der Waals surface area (Å²) in [6, 6.07) is 0. The van der Waals surface area contributed by atoms with Gasteiger partial charge in [-0.1, -0.05) is 60.2 Å². The summed E-state index contributed by atoms with van der Waals surface area (Å²) in [5.74, 6) is 0. The van der Waals surface area contributed by atoms with Crippen molar-refractivity contribution in [3.63, 3.8) is 0 Å². The summed E-state index contributed by atoms with van der Waals surface area (Å²) < 4.78 is 1.08. The lowest BCUT2D eigenvalue weighted by molar-refractivity contribution is 0.547. The zero-order chi connectivity index (χ0) is 12.2. The van der Waals surface area contributed by atoms with E-state index in [1.165, 1.54) is 5.57 Å². The van der Waals surface area contributed by atoms with Gasteiger partial charge in [0.15, 0.2) is 0 Å². The second-order valence-corrected chi connectivity index (χ2v) is 5.33. The van der Waals surface area contributed by atoms with Gasteiger partial charge in [-0.05, 0) is 32.4 Å². The first-order valence-electron chi connectivity index (χ1n) is 5.09. The topological polar surface area (TPSA) is 0 Å². The van der Waals surface area contributed by atoms with E-state index in [9.17, 15) is 0 Å². The maximum absolute atomic E-state index is 4.05. The van der Waals surface area contributed by atoms with Crippen molar-refractivity contribution in [2.24, 2.45) is 5.41 Å². The van der Waals surface area contributed by atoms with Crippen LogP contribution in [0.2, 0.25) is 0 Å². The van der Waals surface area contributed by atoms with Crippen LogP contribution in [-0.4, -0.2) is 0 Å². The minimum Gasteiger partial charge on any atom is -0.0993 e. The van der Waals surface area contributed by atoms with Gasteiger partial charge in [-0.2, -0.15) is 0 Å². The maximum Gasteiger partial charge on any atom is 0.0135 e. The Balaban J connectivity index is 5.44. The molecule has 0 N–H and O–H groups in total. The quantitative estimate of drug-likeness (QED) is 0.474. The molecule has 0 saturated heterocycles. The molecule has 0 unspecified atom stereocenters. The predicted molar refractivity (Wildman–Crippen MR) is 74.2 cm³/mol. The van der Waals surface area contributed by atoms with E-state index >= 15 is 0 Å². The number of rotatable bonds is 4. The van der Waals surface area contributed by atoms with Gasteiger partial charge in [0, 0.05) is 9.90 Å². The molecule has 0 atom stereocenters. The summed E-state index contributed by atoms with van der Waals surface area (Å²) in [6.07, 6.45) is 4.15. The van der Waals surface area contributed by atoms with Crippen molar-refractivity contribution in [3.8, 4) is 0 Å². The van der Waals surface area contributed by atoms with Gasteiger partial charge in [0.2, 0.25) is 0 Å². The third kappa shape index (κ3) is 3.83. The van der Waals surface area contributed by atoms with E-state index in [1.807, 2.05) is 19.9 Å². The molecule has 0 bridgehead atoms. The van der Waals surface area contributed by atoms with Crippen LogP contribution in [0.4, 0.5) is 0 Å². The number of halogens is 1. The molecule has 0 rings (SSSR count). The van der Waals surface area contributed by atoms with Crippen LogP contribution < -0.4 is 0 Å². The van der Waals surface area contributed by atoms with Crippen LogP contribution in [0, 0.1) is 5.41 Å². The number of hydrogen-bond donors (Lipinski definition) is 0. The Morgan fingerprint density at radius 3 is 1.93 bits per heavy atom. The minimum atomic E-state index is -0.0339. The maximum atomic E-state index is 4.05. The summed E-state index contributed by atoms with van der Waals surface area (Å²) in [5.41, 5.74) is 3.42. The van der Waals surface area contributed by atoms with Crippen molar-refractivity contribution < 1.29 is 0 Å². The van der Waals surface area contributed by atoms with Crippen LogP contribution in [0.3, 0.4) is 0 Å². The lowest BCUT2D eigenvalue weighted by atomic mass is 9.75. The third-order valence-corrected chi connectivity index (χ3v) is 3.44. The molecule has 0 aromatic heterocycles. The second kappa shape index (κ2) is 5.50. The van der Waals surface area contributed by atoms with Gasteiger partial charge in [-0.3, -0.25) is 0 Å². The van der Waals surface area contributed by atoms with Gasteiger partial charge >= 0.3 is 0 Å². The molecule has 0 heterocycles. The molecule has 0 radical (unpaired) electrons. The van der Waals surface area contributed by atoms with E-state index in [2.05, 4.69) is 55.9 Å². The van der Waals surface area contributed by atoms with Crippen molar-refractivity contribution in [1.29, 1.82) is 0 Å². The Bertz CT molecular complexity index is 327. The highest BCUT2D eigenvalue weighted by molar-refractivity contribution is 9.11. The van der Waals surface area contributed by atoms with Crippen LogP contribution >= 0.6 is 15.9 Å². The third-order valence-electron chi connectivity index (χ3n) is 2.76. The van der Waals surface area contributed by atoms with Gasteiger partial charge in [0.05, 0.1) is 0 Å². The van der Waals surface area contributed by atoms with Gasteiger partial charge in [-0.15, -0.1) is 0 Å². The normalized spacial score (nSPS) is 14.0. The van der Waals surface area contributed by atoms with Crippen molar-refractivity contribution >= 4 is 15.9 Å². The Labute approximate surface area is 103 Å². The molecule has 0 aliphatic carbocycles. The number of allylic oxidation sites excluding steroid dienone is 6. The molecule has 0 nitrogen and oxygen atoms in total. The standard InChI is InChI=1S/C14H21Br/c1-8-12(15)9-13(10(2)3)14(6,7)11(4)5/h8-9H,2,4H2,1,3,5-7H3/b12-8+,13-9+. The molecular formula is C14H21Br. The molecule has 0 fully saturated rings. The molecule has 1 heteroatoms. The van der Waals surface area contributed by atoms with Crippen LogP contribution in [0.5, 0.6) is 0 Å². The van der Waals surface area contributed by atoms with Crippen molar-refractivity contribution in [3.05, 3.63) is 46.5 Å². The monoisotopic (exact) mass is 268 g/mol. The van der Waals surface area contributed by atoms with Crippen LogP contribution in [0.15, 0.2) is 46.5 Å². The summed E-state index contributed by atoms with van der Waals surface area (Å²) >= 11 is 3.50. The summed E-state index contributed by atoms with van der Waals surface area (Å²) in [5, 5.41) is 0. The van der Waals surface area contributed by atoms with Gasteiger partial charge in [-0.25, -0.2) is 0 Å². The van der Waals surface area contributed by atoms with Gasteiger partial charge < -0.3 is 0 Å². The smallest absolute Gasteiger partial charge is 0.0135 e. The Hall–Kier alpha value is -0.560. The van der Waals surface area contributed by atoms with E-state index in [4.69, 9.17) is 0 Å². The first-order valence-corrected chi connectivity index (χ1v) is 5.88. The molecular weight excluding hydrogens is 248 g/mol. The van der Waals surface area contributed by atoms with Crippen molar-refractivity contribution in [1.82, 2.24) is 0 Å². The highest BCUT2D eigenvalue weighted by Crippen LogP contribution is 2.38. The molecule has 0 aromatic carbocycles. The van der Waals surface area contributed by atoms with Crippen molar-refractivity contribution in [2.75, 3.05) is 0 Å². The fourth-order valence-electron chi connectivity index (χ4n) is 1.29. The second-order valence-electron chi connectivity index (χ2n) is 4.42. The average molecular weight is 269 g/mol. The first kappa shape index (κ1) is 14.4. The molecule has 0 amide bonds. The van der Waals surface area contributed by atoms with Crippen LogP contribution in [0.25, 0.3) is 0 Å². The molecule has 84 valence electrons. The largest absolute Gasteiger partial charge is 0.0993 e. The van der Waals surface area contributed by atoms with E-state index in [1.54, 1.807) is 0 Å². The molecule has 0 aliphatic heterocycles. The Morgan fingerprint density at radius 2 is 1.67 bits per heavy atom. The minimum absolute atomic E-state index is 0.0339. The molecule has 15 heavy (non-hydrogen) atoms. The van der Waals surface area contributed by atoms with E-state index in [-0.39, 0.29) is 5.41 Å². The molecule has 0 aromatic rings. The zero-order valence-corrected chi connectivity index (χ0v) is 12.0. The predicted octanol–water partition coefficient (Wildman–Crippen LogP) is 5.39. The Morgan fingerprint density at radius 1 is 1.20 bits per heavy atom. The summed E-state index contributed by atoms with van der Waals surface area (Å²) in [6.45, 7) is 18.5. The lowest BCUT2D eigenvalue weighted by Crippen LogP contribution is -2.16. The van der Waals surface area contributed by atoms with Gasteiger partial charge in [0.25, 0.3) is 0 Å². The average Bonchev–Trinajstić information content (AvgIpc) is 2.12. The Kier molecular flexibility index (Phi) is 5.30. The van der Waals surface area contributed by atoms with Crippen molar-refractivity contribution in [2.45, 2.75) is 34.6 Å². The number of hydrogen-bond acceptors (Lipinski definition) is 0.